The van der Waals surface area contributed by atoms with Crippen LogP contribution in [0.25, 0.3) is 0 Å². The summed E-state index contributed by atoms with van der Waals surface area (Å²) in [5, 5.41) is 11.1. The van der Waals surface area contributed by atoms with Crippen LogP contribution in [0.3, 0.4) is 0 Å². The van der Waals surface area contributed by atoms with Gasteiger partial charge in [-0.2, -0.15) is 15.0 Å². The Balaban J connectivity index is 2.03. The van der Waals surface area contributed by atoms with Gasteiger partial charge in [0.05, 0.1) is 25.0 Å². The van der Waals surface area contributed by atoms with Crippen molar-refractivity contribution in [2.75, 3.05) is 0 Å². The molecule has 0 aromatic carbocycles. The molecule has 6 nitrogen and oxygen atoms in total. The monoisotopic (exact) mass is 259 g/mol. The first-order valence-corrected chi connectivity index (χ1v) is 6.22. The summed E-state index contributed by atoms with van der Waals surface area (Å²) >= 11 is 0. The molecule has 1 atom stereocenters. The van der Waals surface area contributed by atoms with Crippen LogP contribution in [0.15, 0.2) is 36.9 Å². The fourth-order valence-corrected chi connectivity index (χ4v) is 1.69. The first-order chi connectivity index (χ1) is 9.16. The van der Waals surface area contributed by atoms with Crippen LogP contribution in [-0.4, -0.2) is 31.9 Å². The maximum atomic E-state index is 12.1. The molecule has 100 valence electrons. The summed E-state index contributed by atoms with van der Waals surface area (Å²) in [6.07, 6.45) is 6.47. The Morgan fingerprint density at radius 1 is 1.21 bits per heavy atom. The van der Waals surface area contributed by atoms with Gasteiger partial charge in [0.25, 0.3) is 5.91 Å². The highest BCUT2D eigenvalue weighted by Gasteiger charge is 2.18. The predicted octanol–water partition coefficient (Wildman–Crippen LogP) is 1.13. The van der Waals surface area contributed by atoms with Crippen molar-refractivity contribution in [3.63, 3.8) is 0 Å². The third kappa shape index (κ3) is 3.61. The lowest BCUT2D eigenvalue weighted by molar-refractivity contribution is 0.0917. The average Bonchev–Trinajstić information content (AvgIpc) is 2.91. The lowest BCUT2D eigenvalue weighted by Gasteiger charge is -2.21. The van der Waals surface area contributed by atoms with Crippen LogP contribution in [-0.2, 0) is 6.54 Å². The number of nitrogens with one attached hydrogen (secondary N) is 1. The molecule has 0 spiro atoms. The molecule has 2 aromatic rings. The minimum absolute atomic E-state index is 0.0203. The third-order valence-corrected chi connectivity index (χ3v) is 2.89. The summed E-state index contributed by atoms with van der Waals surface area (Å²) < 4.78 is 0. The van der Waals surface area contributed by atoms with Gasteiger partial charge in [0.1, 0.15) is 0 Å². The predicted molar refractivity (Wildman–Crippen MR) is 70.4 cm³/mol. The van der Waals surface area contributed by atoms with Crippen LogP contribution in [0.1, 0.15) is 24.2 Å². The van der Waals surface area contributed by atoms with Crippen LogP contribution in [0, 0.1) is 5.92 Å². The highest BCUT2D eigenvalue weighted by Crippen LogP contribution is 2.06. The normalized spacial score (nSPS) is 12.4. The number of carbonyl (C=O) groups excluding carboxylic acids is 1. The number of hydrogen-bond acceptors (Lipinski definition) is 4. The Morgan fingerprint density at radius 2 is 1.84 bits per heavy atom. The van der Waals surface area contributed by atoms with Gasteiger partial charge >= 0.3 is 0 Å². The van der Waals surface area contributed by atoms with Crippen LogP contribution in [0.5, 0.6) is 0 Å². The summed E-state index contributed by atoms with van der Waals surface area (Å²) in [5.74, 6) is 0.185. The van der Waals surface area contributed by atoms with E-state index in [2.05, 4.69) is 34.3 Å². The lowest BCUT2D eigenvalue weighted by atomic mass is 10.0. The second-order valence-electron chi connectivity index (χ2n) is 4.64. The molecule has 2 rings (SSSR count). The highest BCUT2D eigenvalue weighted by atomic mass is 16.1. The smallest absolute Gasteiger partial charge is 0.251 e. The van der Waals surface area contributed by atoms with Crippen LogP contribution in [0.2, 0.25) is 0 Å². The zero-order valence-corrected chi connectivity index (χ0v) is 11.0. The largest absolute Gasteiger partial charge is 0.347 e. The van der Waals surface area contributed by atoms with Crippen molar-refractivity contribution in [1.82, 2.24) is 25.3 Å². The Morgan fingerprint density at radius 3 is 2.42 bits per heavy atom. The van der Waals surface area contributed by atoms with Crippen molar-refractivity contribution in [3.8, 4) is 0 Å². The van der Waals surface area contributed by atoms with E-state index in [-0.39, 0.29) is 17.9 Å². The van der Waals surface area contributed by atoms with Crippen LogP contribution in [0.4, 0.5) is 0 Å². The molecule has 6 heteroatoms. The number of nitrogens with zero attached hydrogens (tertiary/aromatic N) is 4. The first-order valence-electron chi connectivity index (χ1n) is 6.22. The van der Waals surface area contributed by atoms with Gasteiger partial charge < -0.3 is 5.32 Å². The van der Waals surface area contributed by atoms with E-state index in [1.165, 1.54) is 0 Å². The molecule has 0 saturated heterocycles. The Labute approximate surface area is 111 Å². The zero-order valence-electron chi connectivity index (χ0n) is 11.0. The molecule has 1 unspecified atom stereocenters. The molecule has 1 N–H and O–H groups in total. The average molecular weight is 259 g/mol. The molecule has 0 bridgehead atoms. The highest BCUT2D eigenvalue weighted by molar-refractivity contribution is 5.94. The second-order valence-corrected chi connectivity index (χ2v) is 4.64. The van der Waals surface area contributed by atoms with E-state index >= 15 is 0 Å². The molecule has 2 aromatic heterocycles. The Hall–Kier alpha value is -2.24. The molecule has 2 heterocycles. The van der Waals surface area contributed by atoms with Crippen molar-refractivity contribution < 1.29 is 4.79 Å². The van der Waals surface area contributed by atoms with Crippen molar-refractivity contribution in [1.29, 1.82) is 0 Å². The van der Waals surface area contributed by atoms with E-state index in [0.29, 0.717) is 12.1 Å². The van der Waals surface area contributed by atoms with Crippen molar-refractivity contribution in [2.45, 2.75) is 26.4 Å². The number of pyridine rings is 1. The van der Waals surface area contributed by atoms with Crippen LogP contribution < -0.4 is 5.32 Å². The van der Waals surface area contributed by atoms with Crippen molar-refractivity contribution >= 4 is 5.91 Å². The molecule has 1 amide bonds. The van der Waals surface area contributed by atoms with Crippen molar-refractivity contribution in [3.05, 3.63) is 42.5 Å². The number of amides is 1. The maximum Gasteiger partial charge on any atom is 0.251 e. The van der Waals surface area contributed by atoms with E-state index in [1.807, 2.05) is 0 Å². The molecule has 0 saturated carbocycles. The molecule has 19 heavy (non-hydrogen) atoms. The van der Waals surface area contributed by atoms with Crippen LogP contribution >= 0.6 is 0 Å². The van der Waals surface area contributed by atoms with E-state index in [9.17, 15) is 4.79 Å². The molecular formula is C13H17N5O. The number of hydrogen-bond donors (Lipinski definition) is 1. The fourth-order valence-electron chi connectivity index (χ4n) is 1.69. The zero-order chi connectivity index (χ0) is 13.7. The van der Waals surface area contributed by atoms with Gasteiger partial charge in [-0.25, -0.2) is 0 Å². The topological polar surface area (TPSA) is 72.7 Å². The van der Waals surface area contributed by atoms with E-state index < -0.39 is 0 Å². The van der Waals surface area contributed by atoms with Gasteiger partial charge in [-0.05, 0) is 18.1 Å². The maximum absolute atomic E-state index is 12.1. The molecule has 0 aliphatic rings. The summed E-state index contributed by atoms with van der Waals surface area (Å²) in [4.78, 5) is 17.6. The summed E-state index contributed by atoms with van der Waals surface area (Å²) in [6, 6.07) is 3.37. The lowest BCUT2D eigenvalue weighted by Crippen LogP contribution is -2.42. The summed E-state index contributed by atoms with van der Waals surface area (Å²) in [6.45, 7) is 4.67. The summed E-state index contributed by atoms with van der Waals surface area (Å²) in [7, 11) is 0. The van der Waals surface area contributed by atoms with Gasteiger partial charge in [-0.1, -0.05) is 13.8 Å². The van der Waals surface area contributed by atoms with Crippen molar-refractivity contribution in [2.24, 2.45) is 5.92 Å². The van der Waals surface area contributed by atoms with Gasteiger partial charge in [-0.3, -0.25) is 9.78 Å². The van der Waals surface area contributed by atoms with E-state index in [4.69, 9.17) is 0 Å². The second kappa shape index (κ2) is 6.08. The minimum Gasteiger partial charge on any atom is -0.347 e. The molecule has 0 aliphatic carbocycles. The molecular weight excluding hydrogens is 242 g/mol. The van der Waals surface area contributed by atoms with Gasteiger partial charge in [0.15, 0.2) is 0 Å². The van der Waals surface area contributed by atoms with E-state index in [0.717, 1.165) is 0 Å². The first kappa shape index (κ1) is 13.2. The quantitative estimate of drug-likeness (QED) is 0.873. The fraction of sp³-hybridized carbons (Fsp3) is 0.385. The molecule has 0 radical (unpaired) electrons. The molecule has 0 fully saturated rings. The molecule has 0 aliphatic heterocycles. The third-order valence-electron chi connectivity index (χ3n) is 2.89. The number of rotatable bonds is 5. The minimum atomic E-state index is -0.103. The Kier molecular flexibility index (Phi) is 4.22. The Bertz CT molecular complexity index is 509. The standard InChI is InChI=1S/C13H17N5O/c1-10(2)12(9-18-15-7-8-16-18)17-13(19)11-3-5-14-6-4-11/h3-8,10,12H,9H2,1-2H3,(H,17,19). The van der Waals surface area contributed by atoms with E-state index in [1.54, 1.807) is 41.7 Å². The summed E-state index contributed by atoms with van der Waals surface area (Å²) in [5.41, 5.74) is 0.606. The number of carbonyl (C=O) groups is 1. The van der Waals surface area contributed by atoms with Gasteiger partial charge in [-0.15, -0.1) is 0 Å². The SMILES string of the molecule is CC(C)C(Cn1nccn1)NC(=O)c1ccncc1. The number of aromatic nitrogens is 4. The van der Waals surface area contributed by atoms with Gasteiger partial charge in [0, 0.05) is 18.0 Å². The van der Waals surface area contributed by atoms with Gasteiger partial charge in [0.2, 0.25) is 0 Å².